The lowest BCUT2D eigenvalue weighted by atomic mass is 10.0. The van der Waals surface area contributed by atoms with Crippen molar-refractivity contribution >= 4 is 11.4 Å². The molecule has 1 saturated heterocycles. The van der Waals surface area contributed by atoms with Gasteiger partial charge in [-0.25, -0.2) is 0 Å². The molecular formula is C14H20N2O4. The van der Waals surface area contributed by atoms with Gasteiger partial charge in [0, 0.05) is 19.8 Å². The van der Waals surface area contributed by atoms with Crippen LogP contribution in [0.3, 0.4) is 0 Å². The third-order valence-corrected chi connectivity index (χ3v) is 3.40. The number of hydrogen-bond acceptors (Lipinski definition) is 5. The molecular weight excluding hydrogens is 260 g/mol. The number of nitrogens with one attached hydrogen (secondary N) is 1. The molecule has 0 amide bonds. The number of rotatable bonds is 6. The first-order valence-corrected chi connectivity index (χ1v) is 6.94. The Balaban J connectivity index is 2.09. The zero-order valence-corrected chi connectivity index (χ0v) is 11.6. The van der Waals surface area contributed by atoms with E-state index in [0.717, 1.165) is 32.6 Å². The van der Waals surface area contributed by atoms with Crippen LogP contribution in [-0.4, -0.2) is 31.3 Å². The van der Waals surface area contributed by atoms with Crippen LogP contribution in [0.2, 0.25) is 0 Å². The second-order valence-corrected chi connectivity index (χ2v) is 4.78. The van der Waals surface area contributed by atoms with Gasteiger partial charge in [-0.2, -0.15) is 0 Å². The zero-order valence-electron chi connectivity index (χ0n) is 11.6. The predicted octanol–water partition coefficient (Wildman–Crippen LogP) is 2.83. The van der Waals surface area contributed by atoms with E-state index in [-0.39, 0.29) is 5.69 Å². The molecule has 0 saturated carbocycles. The molecule has 0 radical (unpaired) electrons. The third kappa shape index (κ3) is 3.60. The fourth-order valence-corrected chi connectivity index (χ4v) is 2.33. The zero-order chi connectivity index (χ0) is 14.4. The lowest BCUT2D eigenvalue weighted by molar-refractivity contribution is -0.384. The van der Waals surface area contributed by atoms with Gasteiger partial charge < -0.3 is 14.8 Å². The molecule has 0 aromatic heterocycles. The monoisotopic (exact) mass is 280 g/mol. The van der Waals surface area contributed by atoms with Crippen molar-refractivity contribution in [2.45, 2.75) is 19.8 Å². The van der Waals surface area contributed by atoms with Gasteiger partial charge in [-0.3, -0.25) is 10.1 Å². The first kappa shape index (κ1) is 14.6. The third-order valence-electron chi connectivity index (χ3n) is 3.40. The van der Waals surface area contributed by atoms with E-state index in [9.17, 15) is 10.1 Å². The fraction of sp³-hybridized carbons (Fsp3) is 0.571. The maximum absolute atomic E-state index is 11.2. The minimum Gasteiger partial charge on any atom is -0.487 e. The molecule has 1 heterocycles. The second kappa shape index (κ2) is 7.09. The summed E-state index contributed by atoms with van der Waals surface area (Å²) in [4.78, 5) is 10.8. The quantitative estimate of drug-likeness (QED) is 0.640. The van der Waals surface area contributed by atoms with Gasteiger partial charge in [0.05, 0.1) is 11.5 Å². The van der Waals surface area contributed by atoms with Crippen LogP contribution >= 0.6 is 0 Å². The SMILES string of the molecule is CCOc1cccc(NCC2CCOCC2)c1[N+](=O)[O-]. The van der Waals surface area contributed by atoms with E-state index in [1.54, 1.807) is 18.2 Å². The molecule has 110 valence electrons. The highest BCUT2D eigenvalue weighted by Crippen LogP contribution is 2.35. The van der Waals surface area contributed by atoms with Crippen molar-refractivity contribution in [3.63, 3.8) is 0 Å². The molecule has 1 aliphatic rings. The molecule has 0 aliphatic carbocycles. The molecule has 1 aliphatic heterocycles. The number of ether oxygens (including phenoxy) is 2. The van der Waals surface area contributed by atoms with Crippen LogP contribution in [0, 0.1) is 16.0 Å². The van der Waals surface area contributed by atoms with Crippen LogP contribution in [0.4, 0.5) is 11.4 Å². The highest BCUT2D eigenvalue weighted by molar-refractivity contribution is 5.68. The van der Waals surface area contributed by atoms with Crippen molar-refractivity contribution in [3.05, 3.63) is 28.3 Å². The molecule has 6 nitrogen and oxygen atoms in total. The van der Waals surface area contributed by atoms with Crippen molar-refractivity contribution in [2.24, 2.45) is 5.92 Å². The molecule has 0 unspecified atom stereocenters. The van der Waals surface area contributed by atoms with Gasteiger partial charge in [0.1, 0.15) is 5.69 Å². The number of para-hydroxylation sites is 1. The largest absolute Gasteiger partial charge is 0.487 e. The first-order chi connectivity index (χ1) is 9.72. The van der Waals surface area contributed by atoms with E-state index in [1.807, 2.05) is 6.92 Å². The summed E-state index contributed by atoms with van der Waals surface area (Å²) in [6, 6.07) is 5.12. The standard InChI is InChI=1S/C14H20N2O4/c1-2-20-13-5-3-4-12(14(13)16(17)18)15-10-11-6-8-19-9-7-11/h3-5,11,15H,2,6-10H2,1H3. The number of anilines is 1. The van der Waals surface area contributed by atoms with Gasteiger partial charge in [-0.15, -0.1) is 0 Å². The summed E-state index contributed by atoms with van der Waals surface area (Å²) in [6.45, 7) is 4.48. The Labute approximate surface area is 118 Å². The number of hydrogen-bond donors (Lipinski definition) is 1. The highest BCUT2D eigenvalue weighted by Gasteiger charge is 2.22. The Morgan fingerprint density at radius 3 is 2.85 bits per heavy atom. The van der Waals surface area contributed by atoms with Crippen molar-refractivity contribution in [1.29, 1.82) is 0 Å². The van der Waals surface area contributed by atoms with E-state index in [1.165, 1.54) is 0 Å². The van der Waals surface area contributed by atoms with Crippen LogP contribution in [0.5, 0.6) is 5.75 Å². The lowest BCUT2D eigenvalue weighted by Gasteiger charge is -2.22. The van der Waals surface area contributed by atoms with E-state index < -0.39 is 4.92 Å². The summed E-state index contributed by atoms with van der Waals surface area (Å²) in [6.07, 6.45) is 1.98. The van der Waals surface area contributed by atoms with Gasteiger partial charge >= 0.3 is 5.69 Å². The fourth-order valence-electron chi connectivity index (χ4n) is 2.33. The topological polar surface area (TPSA) is 73.6 Å². The van der Waals surface area contributed by atoms with Crippen molar-refractivity contribution in [1.82, 2.24) is 0 Å². The maximum atomic E-state index is 11.2. The Morgan fingerprint density at radius 1 is 1.45 bits per heavy atom. The highest BCUT2D eigenvalue weighted by atomic mass is 16.6. The molecule has 1 fully saturated rings. The van der Waals surface area contributed by atoms with Crippen LogP contribution in [0.25, 0.3) is 0 Å². The van der Waals surface area contributed by atoms with Crippen LogP contribution in [0.15, 0.2) is 18.2 Å². The second-order valence-electron chi connectivity index (χ2n) is 4.78. The van der Waals surface area contributed by atoms with Gasteiger partial charge in [0.25, 0.3) is 0 Å². The summed E-state index contributed by atoms with van der Waals surface area (Å²) in [7, 11) is 0. The van der Waals surface area contributed by atoms with Crippen molar-refractivity contribution < 1.29 is 14.4 Å². The van der Waals surface area contributed by atoms with Crippen LogP contribution in [-0.2, 0) is 4.74 Å². The Kier molecular flexibility index (Phi) is 5.17. The van der Waals surface area contributed by atoms with Crippen LogP contribution in [0.1, 0.15) is 19.8 Å². The predicted molar refractivity (Wildman–Crippen MR) is 76.3 cm³/mol. The Hall–Kier alpha value is -1.82. The maximum Gasteiger partial charge on any atom is 0.333 e. The minimum atomic E-state index is -0.392. The normalized spacial score (nSPS) is 15.8. The molecule has 0 spiro atoms. The number of nitro groups is 1. The van der Waals surface area contributed by atoms with Gasteiger partial charge in [-0.05, 0) is 37.8 Å². The molecule has 1 aromatic rings. The summed E-state index contributed by atoms with van der Waals surface area (Å²) < 4.78 is 10.6. The Bertz CT molecular complexity index is 458. The summed E-state index contributed by atoms with van der Waals surface area (Å²) in [5.41, 5.74) is 0.536. The smallest absolute Gasteiger partial charge is 0.333 e. The van der Waals surface area contributed by atoms with Crippen LogP contribution < -0.4 is 10.1 Å². The number of nitrogens with zero attached hydrogens (tertiary/aromatic N) is 1. The van der Waals surface area contributed by atoms with Crippen molar-refractivity contribution in [3.8, 4) is 5.75 Å². The van der Waals surface area contributed by atoms with E-state index >= 15 is 0 Å². The molecule has 0 atom stereocenters. The first-order valence-electron chi connectivity index (χ1n) is 6.94. The van der Waals surface area contributed by atoms with E-state index in [4.69, 9.17) is 9.47 Å². The summed E-state index contributed by atoms with van der Waals surface area (Å²) in [5.74, 6) is 0.814. The molecule has 6 heteroatoms. The average Bonchev–Trinajstić information content (AvgIpc) is 2.46. The molecule has 20 heavy (non-hydrogen) atoms. The summed E-state index contributed by atoms with van der Waals surface area (Å²) in [5, 5.41) is 14.4. The Morgan fingerprint density at radius 2 is 2.20 bits per heavy atom. The summed E-state index contributed by atoms with van der Waals surface area (Å²) >= 11 is 0. The number of nitro benzene ring substituents is 1. The van der Waals surface area contributed by atoms with Gasteiger partial charge in [0.15, 0.2) is 5.75 Å². The number of benzene rings is 1. The van der Waals surface area contributed by atoms with Gasteiger partial charge in [-0.1, -0.05) is 6.07 Å². The lowest BCUT2D eigenvalue weighted by Crippen LogP contribution is -2.22. The molecule has 1 aromatic carbocycles. The van der Waals surface area contributed by atoms with Crippen molar-refractivity contribution in [2.75, 3.05) is 31.7 Å². The average molecular weight is 280 g/mol. The minimum absolute atomic E-state index is 0.0152. The molecule has 0 bridgehead atoms. The van der Waals surface area contributed by atoms with Gasteiger partial charge in [0.2, 0.25) is 0 Å². The molecule has 1 N–H and O–H groups in total. The van der Waals surface area contributed by atoms with E-state index in [2.05, 4.69) is 5.32 Å². The van der Waals surface area contributed by atoms with E-state index in [0.29, 0.717) is 24.0 Å². The molecule has 2 rings (SSSR count).